The summed E-state index contributed by atoms with van der Waals surface area (Å²) in [7, 11) is 0. The number of fused-ring (bicyclic) bond motifs is 5. The van der Waals surface area contributed by atoms with Crippen molar-refractivity contribution in [1.29, 1.82) is 0 Å². The first-order valence-electron chi connectivity index (χ1n) is 18.3. The third-order valence-electron chi connectivity index (χ3n) is 11.7. The van der Waals surface area contributed by atoms with E-state index in [0.29, 0.717) is 9.54 Å². The molecule has 0 amide bonds. The summed E-state index contributed by atoms with van der Waals surface area (Å²) in [4.78, 5) is 0. The second kappa shape index (κ2) is 13.9. The van der Waals surface area contributed by atoms with Gasteiger partial charge < -0.3 is 24.8 Å². The Morgan fingerprint density at radius 3 is 1.53 bits per heavy atom. The molecule has 0 nitrogen and oxygen atoms in total. The van der Waals surface area contributed by atoms with Gasteiger partial charge in [-0.25, -0.2) is 0 Å². The van der Waals surface area contributed by atoms with E-state index in [9.17, 15) is 0 Å². The van der Waals surface area contributed by atoms with Gasteiger partial charge in [0, 0.05) is 0 Å². The van der Waals surface area contributed by atoms with Gasteiger partial charge in [-0.1, -0.05) is 0 Å². The summed E-state index contributed by atoms with van der Waals surface area (Å²) in [5, 5.41) is 0. The van der Waals surface area contributed by atoms with Crippen LogP contribution in [0, 0.1) is 11.3 Å². The number of hydrogen-bond donors (Lipinski definition) is 0. The van der Waals surface area contributed by atoms with Crippen LogP contribution < -0.4 is 24.8 Å². The van der Waals surface area contributed by atoms with Crippen LogP contribution in [0.2, 0.25) is 0 Å². The molecule has 51 heavy (non-hydrogen) atoms. The van der Waals surface area contributed by atoms with Gasteiger partial charge in [-0.3, -0.25) is 0 Å². The van der Waals surface area contributed by atoms with Crippen molar-refractivity contribution in [3.05, 3.63) is 163 Å². The van der Waals surface area contributed by atoms with Crippen molar-refractivity contribution in [1.82, 2.24) is 0 Å². The molecule has 0 heterocycles. The van der Waals surface area contributed by atoms with E-state index in [0.717, 1.165) is 12.8 Å². The first kappa shape index (κ1) is 37.9. The van der Waals surface area contributed by atoms with Crippen molar-refractivity contribution >= 4 is 15.4 Å². The van der Waals surface area contributed by atoms with Crippen LogP contribution in [-0.2, 0) is 44.9 Å². The molecule has 0 saturated carbocycles. The summed E-state index contributed by atoms with van der Waals surface area (Å²) in [6.45, 7) is 19.2. The van der Waals surface area contributed by atoms with Crippen LogP contribution in [-0.4, -0.2) is 3.21 Å². The zero-order valence-electron chi connectivity index (χ0n) is 31.4. The van der Waals surface area contributed by atoms with Crippen molar-refractivity contribution in [2.45, 2.75) is 82.7 Å². The molecule has 0 aromatic heterocycles. The van der Waals surface area contributed by atoms with Gasteiger partial charge in [-0.2, -0.15) is 0 Å². The van der Waals surface area contributed by atoms with E-state index in [1.165, 1.54) is 50.1 Å². The molecular formula is C48H50Cl2Zr. The van der Waals surface area contributed by atoms with Crippen molar-refractivity contribution in [2.24, 2.45) is 11.3 Å². The maximum Gasteiger partial charge on any atom is -1.00 e. The SMILES string of the molecule is CC1C=C(C(C)(C)C)C=[C]1[Zr+2](=[C](Cc1ccccc1)Cc1ccccc1)[CH]1c2cc3c(cc2-c2cc4c(cc21)C(C)(C)C=C4)C=CC3(C)C.[Cl-].[Cl-]. The number of halogens is 2. The number of hydrogen-bond acceptors (Lipinski definition) is 0. The summed E-state index contributed by atoms with van der Waals surface area (Å²) >= 11 is -2.78. The van der Waals surface area contributed by atoms with Crippen LogP contribution in [0.15, 0.2) is 118 Å². The van der Waals surface area contributed by atoms with Gasteiger partial charge in [-0.15, -0.1) is 0 Å². The Labute approximate surface area is 326 Å². The quantitative estimate of drug-likeness (QED) is 0.220. The molecule has 0 saturated heterocycles. The second-order valence-electron chi connectivity index (χ2n) is 17.2. The molecule has 4 aromatic rings. The molecule has 0 radical (unpaired) electrons. The van der Waals surface area contributed by atoms with Crippen LogP contribution >= 0.6 is 0 Å². The van der Waals surface area contributed by atoms with Gasteiger partial charge in [0.05, 0.1) is 0 Å². The Morgan fingerprint density at radius 1 is 0.667 bits per heavy atom. The van der Waals surface area contributed by atoms with E-state index in [2.05, 4.69) is 177 Å². The van der Waals surface area contributed by atoms with Gasteiger partial charge >= 0.3 is 304 Å². The summed E-state index contributed by atoms with van der Waals surface area (Å²) in [5.41, 5.74) is 16.6. The minimum absolute atomic E-state index is 0. The predicted molar refractivity (Wildman–Crippen MR) is 208 cm³/mol. The third-order valence-corrected chi connectivity index (χ3v) is 20.4. The largest absolute Gasteiger partial charge is 1.00 e. The smallest absolute Gasteiger partial charge is 1.00 e. The zero-order chi connectivity index (χ0) is 34.3. The van der Waals surface area contributed by atoms with Crippen LogP contribution in [0.5, 0.6) is 0 Å². The second-order valence-corrected chi connectivity index (χ2v) is 23.8. The molecule has 1 atom stereocenters. The van der Waals surface area contributed by atoms with Crippen LogP contribution in [0.1, 0.15) is 104 Å². The van der Waals surface area contributed by atoms with E-state index in [1.807, 2.05) is 0 Å². The van der Waals surface area contributed by atoms with Gasteiger partial charge in [0.15, 0.2) is 0 Å². The first-order chi connectivity index (χ1) is 23.3. The van der Waals surface area contributed by atoms with Crippen molar-refractivity contribution in [3.8, 4) is 11.1 Å². The van der Waals surface area contributed by atoms with E-state index in [4.69, 9.17) is 0 Å². The fourth-order valence-electron chi connectivity index (χ4n) is 8.86. The molecule has 4 aromatic carbocycles. The van der Waals surface area contributed by atoms with Gasteiger partial charge in [-0.05, 0) is 0 Å². The van der Waals surface area contributed by atoms with Gasteiger partial charge in [0.25, 0.3) is 0 Å². The molecular weight excluding hydrogens is 739 g/mol. The summed E-state index contributed by atoms with van der Waals surface area (Å²) < 4.78 is 4.01. The maximum atomic E-state index is 2.70. The summed E-state index contributed by atoms with van der Waals surface area (Å²) in [5.74, 6) is 0.456. The minimum Gasteiger partial charge on any atom is -1.00 e. The Kier molecular flexibility index (Phi) is 10.3. The van der Waals surface area contributed by atoms with E-state index >= 15 is 0 Å². The molecule has 260 valence electrons. The standard InChI is InChI=1S/C23H21.C15H14.C10H15.2ClH.Zr/c1-22(2)7-5-14-10-18-16(12-20(14)22)9-17-13-21-15(11-19(17)18)6-8-23(21,3)4;1-3-8-14(9-4-1)12-7-13-15-10-5-2-6-11-15;1-8-5-6-9(7-8)10(2,3)4;;;/h5-13H,1-4H3;1-6,8-11H,12-13H2;6-8H,1-4H3;2*1H;/q;;;;;+2/p-2. The van der Waals surface area contributed by atoms with Crippen LogP contribution in [0.25, 0.3) is 23.3 Å². The summed E-state index contributed by atoms with van der Waals surface area (Å²) in [6.07, 6.45) is 17.0. The van der Waals surface area contributed by atoms with E-state index in [-0.39, 0.29) is 41.1 Å². The number of allylic oxidation sites excluding steroid dienone is 6. The average Bonchev–Trinajstić information content (AvgIpc) is 3.78. The molecule has 8 rings (SSSR count). The van der Waals surface area contributed by atoms with E-state index < -0.39 is 21.3 Å². The normalized spacial score (nSPS) is 18.4. The van der Waals surface area contributed by atoms with Crippen molar-refractivity contribution in [3.63, 3.8) is 0 Å². The first-order valence-corrected chi connectivity index (χ1v) is 22.2. The summed E-state index contributed by atoms with van der Waals surface area (Å²) in [6, 6.07) is 33.1. The molecule has 0 fully saturated rings. The molecule has 0 bridgehead atoms. The molecule has 3 heteroatoms. The third kappa shape index (κ3) is 6.78. The zero-order valence-corrected chi connectivity index (χ0v) is 35.3. The molecule has 4 aliphatic rings. The molecule has 0 N–H and O–H groups in total. The number of benzene rings is 4. The Bertz CT molecular complexity index is 2030. The van der Waals surface area contributed by atoms with E-state index in [1.54, 1.807) is 17.6 Å². The van der Waals surface area contributed by atoms with Gasteiger partial charge in [0.1, 0.15) is 0 Å². The number of rotatable bonds is 6. The van der Waals surface area contributed by atoms with Crippen LogP contribution in [0.3, 0.4) is 0 Å². The fourth-order valence-corrected chi connectivity index (χ4v) is 18.5. The van der Waals surface area contributed by atoms with Crippen molar-refractivity contribution < 1.29 is 46.1 Å². The molecule has 0 aliphatic heterocycles. The Morgan fingerprint density at radius 2 is 1.12 bits per heavy atom. The fraction of sp³-hybridized carbons (Fsp3) is 0.312. The maximum absolute atomic E-state index is 2.78. The molecule has 1 unspecified atom stereocenters. The predicted octanol–water partition coefficient (Wildman–Crippen LogP) is 6.16. The monoisotopic (exact) mass is 786 g/mol. The van der Waals surface area contributed by atoms with Crippen LogP contribution in [0.4, 0.5) is 0 Å². The molecule has 4 aliphatic carbocycles. The average molecular weight is 789 g/mol. The Balaban J connectivity index is 0.00000224. The minimum atomic E-state index is -2.78. The molecule has 0 spiro atoms. The van der Waals surface area contributed by atoms with Crippen molar-refractivity contribution in [2.75, 3.05) is 0 Å². The van der Waals surface area contributed by atoms with Gasteiger partial charge in [0.2, 0.25) is 0 Å². The Hall–Kier alpha value is -2.83. The topological polar surface area (TPSA) is 0 Å².